The maximum absolute atomic E-state index is 12.0. The van der Waals surface area contributed by atoms with E-state index in [1.165, 1.54) is 25.0 Å². The van der Waals surface area contributed by atoms with Crippen LogP contribution in [0.25, 0.3) is 56.7 Å². The number of aryl methyl sites for hydroxylation is 3. The maximum Gasteiger partial charge on any atom is 0.237 e. The van der Waals surface area contributed by atoms with Crippen LogP contribution in [0.2, 0.25) is 0 Å². The average molecular weight is 1820 g/mol. The molecule has 4 atom stereocenters. The first-order valence-electron chi connectivity index (χ1n) is 43.8. The zero-order chi connectivity index (χ0) is 89.6. The number of para-hydroxylation sites is 4. The number of piperidine rings is 4. The standard InChI is InChI=1S/C23H30N6O3S.C22H28N6O3S.C22H31N5O4S.C21H29N5O3S/c1-16-15-32-13-12-28(16)22-14-20(18-8-10-27(11-9-18)33(3,30)31)25-23(26-22)29-17(2)24-19-6-4-5-7-21(19)29;1-16-14-31-12-11-27(16)21-13-19(17-7-9-26(10-8-17)32(2,29)30)24-22(25-21)28-15-23-18-5-3-4-6-20(18)28;1-15-11-18(12-21(23-15)30-3)22-24-19(17-5-7-26(8-6-17)32(4,28)29)13-20(25-22)27-9-10-31-14-16(27)2;1-15-12-18(4-7-22-15)21-23-19(17-5-8-25(9-6-17)30(3,27)28)13-20(24-21)26-10-11-29-14-16(26)2/h4-7,14,16,18H,8-13,15H2,1-3H3;3-6,13,15-17H,7-12,14H2,1-2H3;11-13,16-17H,5-10,14H2,1-4H3;4,7,12-13,16-17H,5-6,8-11,14H2,1-3H3/t4*16-/m1111/s1. The molecule has 16 heterocycles. The van der Waals surface area contributed by atoms with Gasteiger partial charge >= 0.3 is 0 Å². The van der Waals surface area contributed by atoms with E-state index >= 15 is 0 Å². The number of hydrogen-bond acceptors (Lipinski definition) is 29. The largest absolute Gasteiger partial charge is 0.481 e. The number of benzene rings is 2. The van der Waals surface area contributed by atoms with E-state index in [0.29, 0.717) is 135 Å². The fourth-order valence-corrected chi connectivity index (χ4v) is 21.4. The topological polar surface area (TPSA) is 373 Å². The number of imidazole rings is 2. The molecule has 0 N–H and O–H groups in total. The van der Waals surface area contributed by atoms with Crippen LogP contribution in [0, 0.1) is 20.8 Å². The van der Waals surface area contributed by atoms with Crippen LogP contribution in [0.4, 0.5) is 23.3 Å². The average Bonchev–Trinajstić information content (AvgIpc) is 1.69. The van der Waals surface area contributed by atoms with Gasteiger partial charge in [0.2, 0.25) is 57.9 Å². The number of sulfonamides is 4. The summed E-state index contributed by atoms with van der Waals surface area (Å²) in [7, 11) is -11.1. The van der Waals surface area contributed by atoms with E-state index in [1.54, 1.807) is 36.9 Å². The smallest absolute Gasteiger partial charge is 0.237 e. The molecular formula is C88H118N22O13S4. The van der Waals surface area contributed by atoms with Crippen LogP contribution in [0.3, 0.4) is 0 Å². The zero-order valence-corrected chi connectivity index (χ0v) is 77.9. The Labute approximate surface area is 745 Å². The number of anilines is 4. The van der Waals surface area contributed by atoms with Gasteiger partial charge in [-0.3, -0.25) is 14.1 Å². The van der Waals surface area contributed by atoms with E-state index in [2.05, 4.69) is 86.5 Å². The first-order valence-corrected chi connectivity index (χ1v) is 51.2. The lowest BCUT2D eigenvalue weighted by Gasteiger charge is -2.35. The molecule has 8 saturated heterocycles. The lowest BCUT2D eigenvalue weighted by atomic mass is 9.94. The Morgan fingerprint density at radius 2 is 0.724 bits per heavy atom. The van der Waals surface area contributed by atoms with Gasteiger partial charge in [0.25, 0.3) is 0 Å². The lowest BCUT2D eigenvalue weighted by molar-refractivity contribution is 0.0984. The van der Waals surface area contributed by atoms with Crippen LogP contribution < -0.4 is 24.3 Å². The summed E-state index contributed by atoms with van der Waals surface area (Å²) in [6.07, 6.45) is 14.6. The van der Waals surface area contributed by atoms with Crippen LogP contribution in [0.5, 0.6) is 5.88 Å². The summed E-state index contributed by atoms with van der Waals surface area (Å²) in [6.45, 7) is 27.0. The predicted molar refractivity (Wildman–Crippen MR) is 489 cm³/mol. The van der Waals surface area contributed by atoms with Crippen molar-refractivity contribution in [1.29, 1.82) is 0 Å². The fourth-order valence-electron chi connectivity index (χ4n) is 18.0. The minimum Gasteiger partial charge on any atom is -0.481 e. The molecule has 18 rings (SSSR count). The Morgan fingerprint density at radius 1 is 0.362 bits per heavy atom. The van der Waals surface area contributed by atoms with E-state index < -0.39 is 40.1 Å². The lowest BCUT2D eigenvalue weighted by Crippen LogP contribution is -2.44. The molecule has 127 heavy (non-hydrogen) atoms. The summed E-state index contributed by atoms with van der Waals surface area (Å²) >= 11 is 0. The van der Waals surface area contributed by atoms with Gasteiger partial charge in [-0.25, -0.2) is 95.7 Å². The Morgan fingerprint density at radius 3 is 1.13 bits per heavy atom. The Balaban J connectivity index is 0.000000131. The van der Waals surface area contributed by atoms with Crippen LogP contribution in [0.15, 0.2) is 110 Å². The van der Waals surface area contributed by atoms with Gasteiger partial charge in [-0.15, -0.1) is 0 Å². The highest BCUT2D eigenvalue weighted by atomic mass is 32.2. The summed E-state index contributed by atoms with van der Waals surface area (Å²) in [5.74, 6) is 8.17. The van der Waals surface area contributed by atoms with Crippen molar-refractivity contribution in [3.05, 3.63) is 150 Å². The quantitative estimate of drug-likeness (QED) is 0.0819. The minimum atomic E-state index is -3.17. The maximum atomic E-state index is 12.0. The normalized spacial score (nSPS) is 21.3. The summed E-state index contributed by atoms with van der Waals surface area (Å²) in [5.41, 5.74) is 11.1. The molecule has 10 aromatic rings. The van der Waals surface area contributed by atoms with Crippen molar-refractivity contribution in [1.82, 2.24) is 86.2 Å². The first-order chi connectivity index (χ1) is 60.8. The minimum absolute atomic E-state index is 0.176. The van der Waals surface area contributed by atoms with Gasteiger partial charge in [0.15, 0.2) is 11.6 Å². The molecule has 0 unspecified atom stereocenters. The Bertz CT molecular complexity index is 6000. The molecule has 682 valence electrons. The van der Waals surface area contributed by atoms with Crippen molar-refractivity contribution in [2.75, 3.05) is 183 Å². The molecule has 0 radical (unpaired) electrons. The third kappa shape index (κ3) is 22.3. The molecule has 8 aliphatic rings. The highest BCUT2D eigenvalue weighted by molar-refractivity contribution is 7.89. The fraction of sp³-hybridized carbons (Fsp3) is 0.545. The van der Waals surface area contributed by atoms with Crippen molar-refractivity contribution in [2.45, 2.75) is 148 Å². The number of aromatic nitrogens is 14. The van der Waals surface area contributed by atoms with Gasteiger partial charge in [0.05, 0.1) is 143 Å². The molecule has 8 aromatic heterocycles. The summed E-state index contributed by atoms with van der Waals surface area (Å²) in [4.78, 5) is 66.5. The second-order valence-corrected chi connectivity index (χ2v) is 42.3. The molecule has 39 heteroatoms. The SMILES string of the molecule is COc1cc(-c2nc(C3CCN(S(C)(=O)=O)CC3)cc(N3CCOC[C@H]3C)n2)cc(C)n1.C[C@@H]1COCCN1c1cc(C2CCN(S(C)(=O)=O)CC2)nc(-n2cnc3ccccc32)n1.Cc1cc(-c2nc(C3CCN(S(C)(=O)=O)CC3)cc(N3CCOC[C@H]3C)n2)ccn1.Cc1nc2ccccc2n1-c1nc(C2CCN(S(C)(=O)=O)CC2)cc(N2CCOC[C@H]2C)n1. The van der Waals surface area contributed by atoms with Crippen molar-refractivity contribution in [3.8, 4) is 40.6 Å². The first kappa shape index (κ1) is 92.2. The number of rotatable bonds is 17. The third-order valence-corrected chi connectivity index (χ3v) is 30.3. The van der Waals surface area contributed by atoms with Crippen LogP contribution in [-0.4, -0.2) is 308 Å². The van der Waals surface area contributed by atoms with Crippen molar-refractivity contribution >= 4 is 85.4 Å². The van der Waals surface area contributed by atoms with E-state index in [4.69, 9.17) is 68.5 Å². The molecule has 8 aliphatic heterocycles. The van der Waals surface area contributed by atoms with Crippen molar-refractivity contribution in [2.24, 2.45) is 0 Å². The second kappa shape index (κ2) is 39.8. The molecule has 0 amide bonds. The highest BCUT2D eigenvalue weighted by Crippen LogP contribution is 2.39. The van der Waals surface area contributed by atoms with E-state index in [9.17, 15) is 33.7 Å². The molecule has 2 aromatic carbocycles. The van der Waals surface area contributed by atoms with Gasteiger partial charge in [0.1, 0.15) is 35.4 Å². The molecule has 0 aliphatic carbocycles. The second-order valence-electron chi connectivity index (χ2n) is 34.4. The Kier molecular flexibility index (Phi) is 28.9. The third-order valence-electron chi connectivity index (χ3n) is 25.1. The van der Waals surface area contributed by atoms with E-state index in [0.717, 1.165) is 174 Å². The van der Waals surface area contributed by atoms with Gasteiger partial charge < -0.3 is 43.3 Å². The van der Waals surface area contributed by atoms with Crippen molar-refractivity contribution in [3.63, 3.8) is 0 Å². The number of methoxy groups -OCH3 is 1. The molecular weight excluding hydrogens is 1700 g/mol. The zero-order valence-electron chi connectivity index (χ0n) is 74.6. The summed E-state index contributed by atoms with van der Waals surface area (Å²) in [5, 5.41) is 0. The molecule has 0 bridgehead atoms. The molecule has 8 fully saturated rings. The van der Waals surface area contributed by atoms with Gasteiger partial charge in [-0.2, -0.15) is 9.97 Å². The van der Waals surface area contributed by atoms with Gasteiger partial charge in [0, 0.05) is 173 Å². The molecule has 35 nitrogen and oxygen atoms in total. The highest BCUT2D eigenvalue weighted by Gasteiger charge is 2.36. The van der Waals surface area contributed by atoms with E-state index in [-0.39, 0.29) is 47.8 Å². The number of hydrogen-bond donors (Lipinski definition) is 0. The number of pyridine rings is 2. The molecule has 0 spiro atoms. The monoisotopic (exact) mass is 1820 g/mol. The molecule has 0 saturated carbocycles. The van der Waals surface area contributed by atoms with Crippen LogP contribution >= 0.6 is 0 Å². The van der Waals surface area contributed by atoms with E-state index in [1.807, 2.05) is 103 Å². The number of nitrogens with zero attached hydrogens (tertiary/aromatic N) is 22. The van der Waals surface area contributed by atoms with Gasteiger partial charge in [-0.05, 0) is 142 Å². The predicted octanol–water partition coefficient (Wildman–Crippen LogP) is 9.10. The van der Waals surface area contributed by atoms with Crippen LogP contribution in [-0.2, 0) is 59.0 Å². The number of morpholine rings is 4. The van der Waals surface area contributed by atoms with Gasteiger partial charge in [-0.1, -0.05) is 24.3 Å². The Hall–Kier alpha value is -9.52. The summed E-state index contributed by atoms with van der Waals surface area (Å²) < 4.78 is 133. The number of ether oxygens (including phenoxy) is 5. The summed E-state index contributed by atoms with van der Waals surface area (Å²) in [6, 6.07) is 32.9. The van der Waals surface area contributed by atoms with Crippen molar-refractivity contribution < 1.29 is 57.4 Å². The van der Waals surface area contributed by atoms with Crippen LogP contribution in [0.1, 0.15) is 143 Å². The number of fused-ring (bicyclic) bond motifs is 2.